The van der Waals surface area contributed by atoms with Crippen molar-refractivity contribution in [1.29, 1.82) is 0 Å². The first-order valence-corrected chi connectivity index (χ1v) is 6.42. The van der Waals surface area contributed by atoms with E-state index in [1.165, 1.54) is 18.4 Å². The molecule has 94 valence electrons. The number of likely N-dealkylation sites (N-methyl/N-ethyl adjacent to an activating group) is 1. The van der Waals surface area contributed by atoms with Gasteiger partial charge in [0.2, 0.25) is 0 Å². The molecule has 1 aromatic rings. The van der Waals surface area contributed by atoms with Gasteiger partial charge in [0.25, 0.3) is 0 Å². The lowest BCUT2D eigenvalue weighted by Gasteiger charge is -2.36. The molecule has 0 bridgehead atoms. The van der Waals surface area contributed by atoms with Gasteiger partial charge in [0.05, 0.1) is 5.60 Å². The van der Waals surface area contributed by atoms with Crippen molar-refractivity contribution in [3.63, 3.8) is 0 Å². The van der Waals surface area contributed by atoms with Crippen LogP contribution in [0.2, 0.25) is 0 Å². The van der Waals surface area contributed by atoms with Gasteiger partial charge in [-0.2, -0.15) is 0 Å². The molecule has 1 unspecified atom stereocenters. The highest BCUT2D eigenvalue weighted by atomic mass is 16.5. The van der Waals surface area contributed by atoms with Crippen LogP contribution in [0.4, 0.5) is 0 Å². The van der Waals surface area contributed by atoms with Crippen molar-refractivity contribution in [2.75, 3.05) is 14.2 Å². The first-order chi connectivity index (χ1) is 8.30. The average Bonchev–Trinajstić information content (AvgIpc) is 2.87. The fourth-order valence-corrected chi connectivity index (χ4v) is 2.97. The number of nitrogens with zero attached hydrogens (tertiary/aromatic N) is 1. The highest BCUT2D eigenvalue weighted by molar-refractivity contribution is 5.13. The smallest absolute Gasteiger partial charge is 0.0834 e. The predicted molar refractivity (Wildman–Crippen MR) is 69.0 cm³/mol. The van der Waals surface area contributed by atoms with E-state index in [2.05, 4.69) is 16.4 Å². The van der Waals surface area contributed by atoms with Gasteiger partial charge in [0.1, 0.15) is 0 Å². The van der Waals surface area contributed by atoms with Gasteiger partial charge in [-0.25, -0.2) is 0 Å². The van der Waals surface area contributed by atoms with Gasteiger partial charge >= 0.3 is 0 Å². The average molecular weight is 234 g/mol. The van der Waals surface area contributed by atoms with Crippen LogP contribution in [0.25, 0.3) is 0 Å². The highest BCUT2D eigenvalue weighted by Crippen LogP contribution is 2.36. The summed E-state index contributed by atoms with van der Waals surface area (Å²) in [5, 5.41) is 3.43. The zero-order valence-corrected chi connectivity index (χ0v) is 10.8. The van der Waals surface area contributed by atoms with E-state index in [-0.39, 0.29) is 5.60 Å². The van der Waals surface area contributed by atoms with E-state index in [1.54, 1.807) is 0 Å². The Balaban J connectivity index is 2.10. The lowest BCUT2D eigenvalue weighted by molar-refractivity contribution is -0.0336. The Labute approximate surface area is 104 Å². The molecule has 1 aromatic heterocycles. The van der Waals surface area contributed by atoms with Gasteiger partial charge in [-0.15, -0.1) is 0 Å². The Morgan fingerprint density at radius 3 is 2.76 bits per heavy atom. The van der Waals surface area contributed by atoms with Crippen LogP contribution >= 0.6 is 0 Å². The molecular weight excluding hydrogens is 212 g/mol. The monoisotopic (exact) mass is 234 g/mol. The quantitative estimate of drug-likeness (QED) is 0.848. The highest BCUT2D eigenvalue weighted by Gasteiger charge is 2.40. The number of methoxy groups -OCH3 is 1. The lowest BCUT2D eigenvalue weighted by atomic mass is 9.88. The molecule has 0 saturated heterocycles. The Kier molecular flexibility index (Phi) is 4.13. The van der Waals surface area contributed by atoms with E-state index in [4.69, 9.17) is 4.74 Å². The van der Waals surface area contributed by atoms with Crippen LogP contribution in [-0.4, -0.2) is 30.8 Å². The summed E-state index contributed by atoms with van der Waals surface area (Å²) in [6, 6.07) is 4.51. The van der Waals surface area contributed by atoms with Crippen LogP contribution in [-0.2, 0) is 11.2 Å². The zero-order chi connectivity index (χ0) is 12.1. The molecule has 0 radical (unpaired) electrons. The van der Waals surface area contributed by atoms with Crippen LogP contribution in [0.5, 0.6) is 0 Å². The van der Waals surface area contributed by atoms with E-state index in [1.807, 2.05) is 32.6 Å². The summed E-state index contributed by atoms with van der Waals surface area (Å²) in [6.45, 7) is 0. The molecule has 1 aliphatic rings. The largest absolute Gasteiger partial charge is 0.377 e. The summed E-state index contributed by atoms with van der Waals surface area (Å²) in [7, 11) is 3.87. The number of nitrogens with one attached hydrogen (secondary N) is 1. The van der Waals surface area contributed by atoms with E-state index in [0.29, 0.717) is 6.04 Å². The van der Waals surface area contributed by atoms with Crippen molar-refractivity contribution in [3.05, 3.63) is 30.1 Å². The van der Waals surface area contributed by atoms with E-state index >= 15 is 0 Å². The third-order valence-electron chi connectivity index (χ3n) is 4.00. The summed E-state index contributed by atoms with van der Waals surface area (Å²) < 4.78 is 5.84. The van der Waals surface area contributed by atoms with Crippen LogP contribution < -0.4 is 5.32 Å². The van der Waals surface area contributed by atoms with Crippen LogP contribution in [0.1, 0.15) is 31.2 Å². The standard InChI is InChI=1S/C14H22N2O/c1-15-13(10-12-6-5-9-16-11-12)14(17-2)7-3-4-8-14/h5-6,9,11,13,15H,3-4,7-8,10H2,1-2H3. The fourth-order valence-electron chi connectivity index (χ4n) is 2.97. The second-order valence-electron chi connectivity index (χ2n) is 4.88. The summed E-state index contributed by atoms with van der Waals surface area (Å²) in [5.74, 6) is 0. The van der Waals surface area contributed by atoms with Gasteiger partial charge in [0.15, 0.2) is 0 Å². The topological polar surface area (TPSA) is 34.2 Å². The Morgan fingerprint density at radius 2 is 2.24 bits per heavy atom. The SMILES string of the molecule is CNC(Cc1cccnc1)C1(OC)CCCC1. The van der Waals surface area contributed by atoms with Crippen LogP contribution in [0, 0.1) is 0 Å². The lowest BCUT2D eigenvalue weighted by Crippen LogP contribution is -2.50. The number of aromatic nitrogens is 1. The molecule has 1 heterocycles. The van der Waals surface area contributed by atoms with Crippen LogP contribution in [0.3, 0.4) is 0 Å². The zero-order valence-electron chi connectivity index (χ0n) is 10.8. The molecule has 1 fully saturated rings. The molecule has 0 spiro atoms. The Bertz CT molecular complexity index is 333. The predicted octanol–water partition coefficient (Wildman–Crippen LogP) is 2.17. The van der Waals surface area contributed by atoms with Gasteiger partial charge in [-0.3, -0.25) is 4.98 Å². The summed E-state index contributed by atoms with van der Waals surface area (Å²) in [4.78, 5) is 4.18. The van der Waals surface area contributed by atoms with Crippen molar-refractivity contribution in [2.45, 2.75) is 43.7 Å². The molecule has 17 heavy (non-hydrogen) atoms. The van der Waals surface area contributed by atoms with Crippen molar-refractivity contribution < 1.29 is 4.74 Å². The number of pyridine rings is 1. The molecule has 1 saturated carbocycles. The van der Waals surface area contributed by atoms with Gasteiger partial charge in [-0.05, 0) is 37.9 Å². The Hall–Kier alpha value is -0.930. The molecule has 1 aliphatic carbocycles. The maximum Gasteiger partial charge on any atom is 0.0834 e. The molecule has 3 heteroatoms. The Morgan fingerprint density at radius 1 is 1.47 bits per heavy atom. The number of hydrogen-bond acceptors (Lipinski definition) is 3. The minimum Gasteiger partial charge on any atom is -0.377 e. The molecule has 2 rings (SSSR count). The van der Waals surface area contributed by atoms with E-state index in [0.717, 1.165) is 19.3 Å². The van der Waals surface area contributed by atoms with Crippen molar-refractivity contribution in [1.82, 2.24) is 10.3 Å². The van der Waals surface area contributed by atoms with Crippen molar-refractivity contribution >= 4 is 0 Å². The molecular formula is C14H22N2O. The summed E-state index contributed by atoms with van der Waals surface area (Å²) >= 11 is 0. The van der Waals surface area contributed by atoms with Gasteiger partial charge < -0.3 is 10.1 Å². The van der Waals surface area contributed by atoms with Crippen molar-refractivity contribution in [2.24, 2.45) is 0 Å². The van der Waals surface area contributed by atoms with Gasteiger partial charge in [0, 0.05) is 25.5 Å². The van der Waals surface area contributed by atoms with Crippen LogP contribution in [0.15, 0.2) is 24.5 Å². The third-order valence-corrected chi connectivity index (χ3v) is 4.00. The second kappa shape index (κ2) is 5.61. The molecule has 1 atom stereocenters. The fraction of sp³-hybridized carbons (Fsp3) is 0.643. The van der Waals surface area contributed by atoms with E-state index < -0.39 is 0 Å². The maximum absolute atomic E-state index is 5.84. The van der Waals surface area contributed by atoms with Crippen molar-refractivity contribution in [3.8, 4) is 0 Å². The molecule has 0 aliphatic heterocycles. The third kappa shape index (κ3) is 2.67. The first-order valence-electron chi connectivity index (χ1n) is 6.42. The first kappa shape index (κ1) is 12.5. The van der Waals surface area contributed by atoms with E-state index in [9.17, 15) is 0 Å². The normalized spacial score (nSPS) is 20.4. The summed E-state index contributed by atoms with van der Waals surface area (Å²) in [6.07, 6.45) is 9.63. The number of rotatable bonds is 5. The minimum atomic E-state index is 0.0184. The maximum atomic E-state index is 5.84. The minimum absolute atomic E-state index is 0.0184. The molecule has 1 N–H and O–H groups in total. The molecule has 0 amide bonds. The molecule has 0 aromatic carbocycles. The summed E-state index contributed by atoms with van der Waals surface area (Å²) in [5.41, 5.74) is 1.29. The number of hydrogen-bond donors (Lipinski definition) is 1. The second-order valence-corrected chi connectivity index (χ2v) is 4.88. The van der Waals surface area contributed by atoms with Gasteiger partial charge in [-0.1, -0.05) is 18.9 Å². The number of ether oxygens (including phenoxy) is 1. The molecule has 3 nitrogen and oxygen atoms in total.